The summed E-state index contributed by atoms with van der Waals surface area (Å²) in [7, 11) is 0. The van der Waals surface area contributed by atoms with Crippen LogP contribution in [0.2, 0.25) is 0 Å². The number of nitrogens with one attached hydrogen (secondary N) is 2. The van der Waals surface area contributed by atoms with Crippen molar-refractivity contribution in [2.24, 2.45) is 5.84 Å². The van der Waals surface area contributed by atoms with Gasteiger partial charge in [0.1, 0.15) is 5.75 Å². The third-order valence-electron chi connectivity index (χ3n) is 2.00. The van der Waals surface area contributed by atoms with Crippen LogP contribution in [0, 0.1) is 6.92 Å². The van der Waals surface area contributed by atoms with Crippen molar-refractivity contribution in [2.45, 2.75) is 6.92 Å². The van der Waals surface area contributed by atoms with E-state index >= 15 is 0 Å². The molecule has 0 aromatic heterocycles. The van der Waals surface area contributed by atoms with Crippen molar-refractivity contribution in [3.8, 4) is 5.75 Å². The summed E-state index contributed by atoms with van der Waals surface area (Å²) in [6.07, 6.45) is 0. The zero-order valence-electron chi connectivity index (χ0n) is 9.53. The molecule has 4 N–H and O–H groups in total. The van der Waals surface area contributed by atoms with Crippen LogP contribution in [0.25, 0.3) is 0 Å². The molecular formula is C11H15N3O3. The van der Waals surface area contributed by atoms with Crippen molar-refractivity contribution in [3.63, 3.8) is 0 Å². The van der Waals surface area contributed by atoms with E-state index in [0.29, 0.717) is 5.75 Å². The number of hydrogen-bond acceptors (Lipinski definition) is 4. The van der Waals surface area contributed by atoms with Crippen molar-refractivity contribution >= 4 is 11.8 Å². The minimum atomic E-state index is -0.464. The molecule has 0 heterocycles. The molecule has 0 saturated heterocycles. The number of nitrogens with two attached hydrogens (primary N) is 1. The molecule has 0 aliphatic carbocycles. The number of hydrazine groups is 1. The molecule has 0 spiro atoms. The summed E-state index contributed by atoms with van der Waals surface area (Å²) >= 11 is 0. The number of amides is 2. The van der Waals surface area contributed by atoms with Gasteiger partial charge in [0.25, 0.3) is 11.8 Å². The van der Waals surface area contributed by atoms with E-state index in [1.165, 1.54) is 0 Å². The monoisotopic (exact) mass is 237 g/mol. The average molecular weight is 237 g/mol. The predicted molar refractivity (Wildman–Crippen MR) is 62.0 cm³/mol. The van der Waals surface area contributed by atoms with Gasteiger partial charge in [-0.1, -0.05) is 17.7 Å². The summed E-state index contributed by atoms with van der Waals surface area (Å²) in [5.41, 5.74) is 3.02. The molecule has 6 heteroatoms. The van der Waals surface area contributed by atoms with Crippen LogP contribution in [0.4, 0.5) is 0 Å². The van der Waals surface area contributed by atoms with Crippen LogP contribution in [0.5, 0.6) is 5.75 Å². The maximum Gasteiger partial charge on any atom is 0.258 e. The van der Waals surface area contributed by atoms with Gasteiger partial charge in [0.15, 0.2) is 6.61 Å². The number of hydrogen-bond donors (Lipinski definition) is 3. The van der Waals surface area contributed by atoms with Crippen molar-refractivity contribution in [2.75, 3.05) is 13.2 Å². The standard InChI is InChI=1S/C11H15N3O3/c1-8-2-4-9(5-3-8)17-7-11(16)13-6-10(15)14-12/h2-5H,6-7,12H2,1H3,(H,13,16)(H,14,15). The van der Waals surface area contributed by atoms with Gasteiger partial charge in [0, 0.05) is 0 Å². The highest BCUT2D eigenvalue weighted by Gasteiger charge is 2.04. The van der Waals surface area contributed by atoms with Crippen molar-refractivity contribution in [3.05, 3.63) is 29.8 Å². The van der Waals surface area contributed by atoms with E-state index in [0.717, 1.165) is 5.56 Å². The molecule has 0 atom stereocenters. The second-order valence-electron chi connectivity index (χ2n) is 3.45. The molecular weight excluding hydrogens is 222 g/mol. The smallest absolute Gasteiger partial charge is 0.258 e. The normalized spacial score (nSPS) is 9.53. The first-order valence-corrected chi connectivity index (χ1v) is 5.07. The number of rotatable bonds is 5. The van der Waals surface area contributed by atoms with Crippen LogP contribution >= 0.6 is 0 Å². The number of benzene rings is 1. The highest BCUT2D eigenvalue weighted by atomic mass is 16.5. The molecule has 0 aliphatic heterocycles. The van der Waals surface area contributed by atoms with Gasteiger partial charge in [-0.15, -0.1) is 0 Å². The number of ether oxygens (including phenoxy) is 1. The largest absolute Gasteiger partial charge is 0.484 e. The Morgan fingerprint density at radius 2 is 1.88 bits per heavy atom. The SMILES string of the molecule is Cc1ccc(OCC(=O)NCC(=O)NN)cc1. The first-order valence-electron chi connectivity index (χ1n) is 5.07. The van der Waals surface area contributed by atoms with E-state index in [9.17, 15) is 9.59 Å². The van der Waals surface area contributed by atoms with E-state index in [1.54, 1.807) is 12.1 Å². The zero-order chi connectivity index (χ0) is 12.7. The van der Waals surface area contributed by atoms with Crippen molar-refractivity contribution in [1.82, 2.24) is 10.7 Å². The van der Waals surface area contributed by atoms with Crippen LogP contribution in [0.1, 0.15) is 5.56 Å². The van der Waals surface area contributed by atoms with Crippen LogP contribution in [0.3, 0.4) is 0 Å². The van der Waals surface area contributed by atoms with E-state index in [-0.39, 0.29) is 19.1 Å². The fourth-order valence-electron chi connectivity index (χ4n) is 1.06. The summed E-state index contributed by atoms with van der Waals surface area (Å²) in [5.74, 6) is 4.62. The number of carbonyl (C=O) groups is 2. The van der Waals surface area contributed by atoms with Gasteiger partial charge in [0.2, 0.25) is 0 Å². The van der Waals surface area contributed by atoms with Crippen LogP contribution in [-0.2, 0) is 9.59 Å². The molecule has 1 rings (SSSR count). The summed E-state index contributed by atoms with van der Waals surface area (Å²) < 4.78 is 5.21. The van der Waals surface area contributed by atoms with E-state index < -0.39 is 5.91 Å². The molecule has 2 amide bonds. The summed E-state index contributed by atoms with van der Waals surface area (Å²) in [6, 6.07) is 7.31. The molecule has 0 radical (unpaired) electrons. The molecule has 92 valence electrons. The molecule has 6 nitrogen and oxygen atoms in total. The van der Waals surface area contributed by atoms with E-state index in [2.05, 4.69) is 5.32 Å². The first kappa shape index (κ1) is 13.0. The van der Waals surface area contributed by atoms with Crippen LogP contribution in [-0.4, -0.2) is 25.0 Å². The fraction of sp³-hybridized carbons (Fsp3) is 0.273. The third-order valence-corrected chi connectivity index (χ3v) is 2.00. The molecule has 0 unspecified atom stereocenters. The van der Waals surface area contributed by atoms with Gasteiger partial charge < -0.3 is 10.1 Å². The Balaban J connectivity index is 2.28. The van der Waals surface area contributed by atoms with E-state index in [4.69, 9.17) is 10.6 Å². The Morgan fingerprint density at radius 1 is 1.24 bits per heavy atom. The minimum Gasteiger partial charge on any atom is -0.484 e. The van der Waals surface area contributed by atoms with Crippen LogP contribution in [0.15, 0.2) is 24.3 Å². The second-order valence-corrected chi connectivity index (χ2v) is 3.45. The molecule has 1 aromatic carbocycles. The maximum atomic E-state index is 11.2. The molecule has 17 heavy (non-hydrogen) atoms. The topological polar surface area (TPSA) is 93.4 Å². The minimum absolute atomic E-state index is 0.138. The lowest BCUT2D eigenvalue weighted by atomic mass is 10.2. The molecule has 0 saturated carbocycles. The van der Waals surface area contributed by atoms with Gasteiger partial charge in [0.05, 0.1) is 6.54 Å². The predicted octanol–water partition coefficient (Wildman–Crippen LogP) is -0.520. The zero-order valence-corrected chi connectivity index (χ0v) is 9.53. The van der Waals surface area contributed by atoms with Crippen molar-refractivity contribution in [1.29, 1.82) is 0 Å². The third kappa shape index (κ3) is 4.98. The molecule has 0 aliphatic rings. The Hall–Kier alpha value is -2.08. The Labute approximate surface area is 99.1 Å². The van der Waals surface area contributed by atoms with Crippen LogP contribution < -0.4 is 21.3 Å². The maximum absolute atomic E-state index is 11.2. The fourth-order valence-corrected chi connectivity index (χ4v) is 1.06. The molecule has 0 bridgehead atoms. The van der Waals surface area contributed by atoms with Gasteiger partial charge in [-0.3, -0.25) is 15.0 Å². The highest BCUT2D eigenvalue weighted by molar-refractivity contribution is 5.84. The van der Waals surface area contributed by atoms with Gasteiger partial charge in [-0.2, -0.15) is 0 Å². The van der Waals surface area contributed by atoms with E-state index in [1.807, 2.05) is 24.5 Å². The number of aryl methyl sites for hydroxylation is 1. The summed E-state index contributed by atoms with van der Waals surface area (Å²) in [4.78, 5) is 22.0. The Kier molecular flexibility index (Phi) is 4.96. The lowest BCUT2D eigenvalue weighted by Gasteiger charge is -2.06. The molecule has 0 fully saturated rings. The van der Waals surface area contributed by atoms with Gasteiger partial charge >= 0.3 is 0 Å². The number of carbonyl (C=O) groups excluding carboxylic acids is 2. The first-order chi connectivity index (χ1) is 8.11. The molecule has 1 aromatic rings. The highest BCUT2D eigenvalue weighted by Crippen LogP contribution is 2.10. The lowest BCUT2D eigenvalue weighted by molar-refractivity contribution is -0.127. The average Bonchev–Trinajstić information content (AvgIpc) is 2.35. The summed E-state index contributed by atoms with van der Waals surface area (Å²) in [5, 5.41) is 2.36. The Morgan fingerprint density at radius 3 is 2.47 bits per heavy atom. The van der Waals surface area contributed by atoms with Gasteiger partial charge in [-0.25, -0.2) is 5.84 Å². The second kappa shape index (κ2) is 6.49. The lowest BCUT2D eigenvalue weighted by Crippen LogP contribution is -2.41. The Bertz CT molecular complexity index is 389. The van der Waals surface area contributed by atoms with Gasteiger partial charge in [-0.05, 0) is 19.1 Å². The quantitative estimate of drug-likeness (QED) is 0.365. The summed E-state index contributed by atoms with van der Waals surface area (Å²) in [6.45, 7) is 1.66. The van der Waals surface area contributed by atoms with Crippen molar-refractivity contribution < 1.29 is 14.3 Å².